The average Bonchev–Trinajstić information content (AvgIpc) is 2.42. The van der Waals surface area contributed by atoms with Gasteiger partial charge in [-0.15, -0.1) is 0 Å². The molecule has 4 nitrogen and oxygen atoms in total. The Hall–Kier alpha value is -1.39. The van der Waals surface area contributed by atoms with E-state index in [9.17, 15) is 4.79 Å². The number of nitrogens with two attached hydrogens (primary N) is 1. The van der Waals surface area contributed by atoms with Crippen molar-refractivity contribution in [3.8, 4) is 0 Å². The monoisotopic (exact) mass is 289 g/mol. The molecule has 1 amide bonds. The SMILES string of the molecule is CN(CC1(N(C)C)CCC1)C(=O)[C@H](N)Cc1ccccc1. The first-order valence-electron chi connectivity index (χ1n) is 7.66. The predicted octanol–water partition coefficient (Wildman–Crippen LogP) is 1.50. The van der Waals surface area contributed by atoms with Gasteiger partial charge < -0.3 is 15.5 Å². The van der Waals surface area contributed by atoms with Crippen molar-refractivity contribution in [1.29, 1.82) is 0 Å². The van der Waals surface area contributed by atoms with E-state index >= 15 is 0 Å². The van der Waals surface area contributed by atoms with Crippen molar-refractivity contribution in [3.63, 3.8) is 0 Å². The molecule has 0 saturated heterocycles. The molecular formula is C17H27N3O. The molecule has 1 atom stereocenters. The highest BCUT2D eigenvalue weighted by molar-refractivity contribution is 5.81. The molecule has 116 valence electrons. The maximum absolute atomic E-state index is 12.5. The normalized spacial score (nSPS) is 18.1. The van der Waals surface area contributed by atoms with Gasteiger partial charge in [-0.2, -0.15) is 0 Å². The van der Waals surface area contributed by atoms with Crippen molar-refractivity contribution in [2.75, 3.05) is 27.7 Å². The van der Waals surface area contributed by atoms with E-state index in [1.54, 1.807) is 0 Å². The van der Waals surface area contributed by atoms with Crippen LogP contribution in [0.15, 0.2) is 30.3 Å². The fourth-order valence-corrected chi connectivity index (χ4v) is 3.09. The van der Waals surface area contributed by atoms with E-state index in [4.69, 9.17) is 5.73 Å². The molecule has 0 bridgehead atoms. The second-order valence-electron chi connectivity index (χ2n) is 6.46. The van der Waals surface area contributed by atoms with Crippen LogP contribution in [0.25, 0.3) is 0 Å². The second-order valence-corrected chi connectivity index (χ2v) is 6.46. The van der Waals surface area contributed by atoms with Gasteiger partial charge in [0.15, 0.2) is 0 Å². The minimum atomic E-state index is -0.461. The third kappa shape index (κ3) is 3.63. The summed E-state index contributed by atoms with van der Waals surface area (Å²) >= 11 is 0. The first-order valence-corrected chi connectivity index (χ1v) is 7.66. The van der Waals surface area contributed by atoms with Gasteiger partial charge in [-0.05, 0) is 45.3 Å². The Morgan fingerprint density at radius 3 is 2.33 bits per heavy atom. The summed E-state index contributed by atoms with van der Waals surface area (Å²) in [6, 6.07) is 9.50. The van der Waals surface area contributed by atoms with Gasteiger partial charge in [0.25, 0.3) is 0 Å². The van der Waals surface area contributed by atoms with Gasteiger partial charge >= 0.3 is 0 Å². The van der Waals surface area contributed by atoms with E-state index in [1.165, 1.54) is 6.42 Å². The summed E-state index contributed by atoms with van der Waals surface area (Å²) in [4.78, 5) is 16.5. The quantitative estimate of drug-likeness (QED) is 0.863. The zero-order valence-corrected chi connectivity index (χ0v) is 13.4. The fraction of sp³-hybridized carbons (Fsp3) is 0.588. The molecule has 2 rings (SSSR count). The lowest BCUT2D eigenvalue weighted by molar-refractivity contribution is -0.134. The summed E-state index contributed by atoms with van der Waals surface area (Å²) in [5.41, 5.74) is 7.36. The molecule has 0 radical (unpaired) electrons. The van der Waals surface area contributed by atoms with Crippen LogP contribution in [-0.4, -0.2) is 55.0 Å². The van der Waals surface area contributed by atoms with Crippen LogP contribution in [0, 0.1) is 0 Å². The molecule has 0 aromatic heterocycles. The van der Waals surface area contributed by atoms with E-state index in [2.05, 4.69) is 19.0 Å². The Kier molecular flexibility index (Phi) is 5.01. The molecular weight excluding hydrogens is 262 g/mol. The predicted molar refractivity (Wildman–Crippen MR) is 86.0 cm³/mol. The Morgan fingerprint density at radius 1 is 1.24 bits per heavy atom. The summed E-state index contributed by atoms with van der Waals surface area (Å²) in [7, 11) is 6.07. The fourth-order valence-electron chi connectivity index (χ4n) is 3.09. The third-order valence-electron chi connectivity index (χ3n) is 4.76. The van der Waals surface area contributed by atoms with Crippen LogP contribution in [0.3, 0.4) is 0 Å². The minimum Gasteiger partial charge on any atom is -0.343 e. The highest BCUT2D eigenvalue weighted by Gasteiger charge is 2.41. The molecule has 2 N–H and O–H groups in total. The van der Waals surface area contributed by atoms with Crippen molar-refractivity contribution in [3.05, 3.63) is 35.9 Å². The molecule has 4 heteroatoms. The molecule has 1 saturated carbocycles. The first-order chi connectivity index (χ1) is 9.94. The van der Waals surface area contributed by atoms with Gasteiger partial charge in [0, 0.05) is 19.1 Å². The second kappa shape index (κ2) is 6.58. The number of rotatable bonds is 6. The van der Waals surface area contributed by atoms with Crippen LogP contribution < -0.4 is 5.73 Å². The van der Waals surface area contributed by atoms with Gasteiger partial charge in [0.2, 0.25) is 5.91 Å². The number of carbonyl (C=O) groups is 1. The lowest BCUT2D eigenvalue weighted by Gasteiger charge is -2.49. The molecule has 1 fully saturated rings. The Morgan fingerprint density at radius 2 is 1.86 bits per heavy atom. The summed E-state index contributed by atoms with van der Waals surface area (Å²) in [5.74, 6) is 0.0342. The van der Waals surface area contributed by atoms with E-state index in [-0.39, 0.29) is 11.4 Å². The van der Waals surface area contributed by atoms with Gasteiger partial charge in [-0.1, -0.05) is 30.3 Å². The van der Waals surface area contributed by atoms with E-state index in [0.29, 0.717) is 6.42 Å². The van der Waals surface area contributed by atoms with Gasteiger partial charge in [0.05, 0.1) is 6.04 Å². The van der Waals surface area contributed by atoms with Crippen molar-refractivity contribution < 1.29 is 4.79 Å². The maximum Gasteiger partial charge on any atom is 0.239 e. The summed E-state index contributed by atoms with van der Waals surface area (Å²) < 4.78 is 0. The molecule has 0 aliphatic heterocycles. The third-order valence-corrected chi connectivity index (χ3v) is 4.76. The van der Waals surface area contributed by atoms with Crippen molar-refractivity contribution in [1.82, 2.24) is 9.80 Å². The van der Waals surface area contributed by atoms with Crippen molar-refractivity contribution in [2.24, 2.45) is 5.73 Å². The largest absolute Gasteiger partial charge is 0.343 e. The lowest BCUT2D eigenvalue weighted by Crippen LogP contribution is -2.59. The van der Waals surface area contributed by atoms with Crippen molar-refractivity contribution >= 4 is 5.91 Å². The number of nitrogens with zero attached hydrogens (tertiary/aromatic N) is 2. The molecule has 1 aromatic carbocycles. The molecule has 0 unspecified atom stereocenters. The van der Waals surface area contributed by atoms with Gasteiger partial charge in [-0.3, -0.25) is 4.79 Å². The van der Waals surface area contributed by atoms with Gasteiger partial charge in [-0.25, -0.2) is 0 Å². The molecule has 1 aromatic rings. The lowest BCUT2D eigenvalue weighted by atomic mass is 9.75. The van der Waals surface area contributed by atoms with E-state index < -0.39 is 6.04 Å². The van der Waals surface area contributed by atoms with Crippen LogP contribution in [0.5, 0.6) is 0 Å². The summed E-state index contributed by atoms with van der Waals surface area (Å²) in [5, 5.41) is 0. The Bertz CT molecular complexity index is 468. The Labute approximate surface area is 127 Å². The molecule has 1 aliphatic rings. The van der Waals surface area contributed by atoms with Crippen LogP contribution in [0.2, 0.25) is 0 Å². The standard InChI is InChI=1S/C17H27N3O/c1-19(2)17(10-7-11-17)13-20(3)16(21)15(18)12-14-8-5-4-6-9-14/h4-6,8-9,15H,7,10-13,18H2,1-3H3/t15-/m1/s1. The Balaban J connectivity index is 1.92. The number of hydrogen-bond acceptors (Lipinski definition) is 3. The number of hydrogen-bond donors (Lipinski definition) is 1. The van der Waals surface area contributed by atoms with Crippen LogP contribution in [0.4, 0.5) is 0 Å². The molecule has 21 heavy (non-hydrogen) atoms. The number of likely N-dealkylation sites (N-methyl/N-ethyl adjacent to an activating group) is 2. The summed E-state index contributed by atoms with van der Waals surface area (Å²) in [6.45, 7) is 0.765. The van der Waals surface area contributed by atoms with E-state index in [0.717, 1.165) is 24.9 Å². The first kappa shape index (κ1) is 16.0. The molecule has 0 spiro atoms. The zero-order chi connectivity index (χ0) is 15.5. The van der Waals surface area contributed by atoms with Crippen LogP contribution in [0.1, 0.15) is 24.8 Å². The maximum atomic E-state index is 12.5. The smallest absolute Gasteiger partial charge is 0.239 e. The van der Waals surface area contributed by atoms with Gasteiger partial charge in [0.1, 0.15) is 0 Å². The summed E-state index contributed by atoms with van der Waals surface area (Å²) in [6.07, 6.45) is 4.16. The van der Waals surface area contributed by atoms with E-state index in [1.807, 2.05) is 42.3 Å². The topological polar surface area (TPSA) is 49.6 Å². The highest BCUT2D eigenvalue weighted by Crippen LogP contribution is 2.36. The molecule has 0 heterocycles. The zero-order valence-electron chi connectivity index (χ0n) is 13.4. The minimum absolute atomic E-state index is 0.0342. The van der Waals surface area contributed by atoms with Crippen molar-refractivity contribution in [2.45, 2.75) is 37.3 Å². The number of carbonyl (C=O) groups excluding carboxylic acids is 1. The number of benzene rings is 1. The number of amides is 1. The van der Waals surface area contributed by atoms with Crippen LogP contribution in [-0.2, 0) is 11.2 Å². The average molecular weight is 289 g/mol. The molecule has 1 aliphatic carbocycles. The van der Waals surface area contributed by atoms with Crippen LogP contribution >= 0.6 is 0 Å². The highest BCUT2D eigenvalue weighted by atomic mass is 16.2.